The maximum Gasteiger partial charge on any atom is 0.265 e. The number of nitrogens with zero attached hydrogens (tertiary/aromatic N) is 1. The Labute approximate surface area is 136 Å². The van der Waals surface area contributed by atoms with Gasteiger partial charge in [0.15, 0.2) is 0 Å². The van der Waals surface area contributed by atoms with E-state index in [-0.39, 0.29) is 10.8 Å². The number of nitrogens with one attached hydrogen (secondary N) is 1. The molecular weight excluding hydrogens is 312 g/mol. The van der Waals surface area contributed by atoms with Crippen molar-refractivity contribution < 1.29 is 13.2 Å². The van der Waals surface area contributed by atoms with E-state index in [0.717, 1.165) is 5.39 Å². The van der Waals surface area contributed by atoms with Crippen LogP contribution in [0.4, 0.5) is 5.69 Å². The van der Waals surface area contributed by atoms with Gasteiger partial charge in [-0.2, -0.15) is 0 Å². The van der Waals surface area contributed by atoms with Gasteiger partial charge in [0.05, 0.1) is 10.6 Å². The van der Waals surface area contributed by atoms with Gasteiger partial charge in [0.2, 0.25) is 5.91 Å². The van der Waals surface area contributed by atoms with Gasteiger partial charge in [0, 0.05) is 10.9 Å². The minimum absolute atomic E-state index is 0.265. The number of anilines is 1. The molecule has 1 atom stereocenters. The molecular formula is C17H20N2O3S. The van der Waals surface area contributed by atoms with Crippen LogP contribution >= 0.6 is 0 Å². The van der Waals surface area contributed by atoms with Crippen LogP contribution in [0, 0.1) is 0 Å². The van der Waals surface area contributed by atoms with Gasteiger partial charge in [0.1, 0.15) is 6.04 Å². The molecule has 1 amide bonds. The number of amides is 1. The number of carbonyl (C=O) groups is 1. The maximum atomic E-state index is 12.9. The Bertz CT molecular complexity index is 892. The fourth-order valence-corrected chi connectivity index (χ4v) is 4.78. The largest absolute Gasteiger partial charge is 0.350 e. The Morgan fingerprint density at radius 2 is 1.74 bits per heavy atom. The second kappa shape index (κ2) is 4.96. The molecule has 0 unspecified atom stereocenters. The minimum Gasteiger partial charge on any atom is -0.350 e. The first-order valence-corrected chi connectivity index (χ1v) is 8.95. The molecule has 0 fully saturated rings. The summed E-state index contributed by atoms with van der Waals surface area (Å²) in [4.78, 5) is 12.8. The van der Waals surface area contributed by atoms with Gasteiger partial charge < -0.3 is 5.32 Å². The van der Waals surface area contributed by atoms with E-state index in [0.29, 0.717) is 11.1 Å². The molecule has 0 radical (unpaired) electrons. The Morgan fingerprint density at radius 1 is 1.13 bits per heavy atom. The topological polar surface area (TPSA) is 66.5 Å². The van der Waals surface area contributed by atoms with Gasteiger partial charge in [-0.3, -0.25) is 9.10 Å². The monoisotopic (exact) mass is 332 g/mol. The molecule has 0 spiro atoms. The first kappa shape index (κ1) is 15.8. The summed E-state index contributed by atoms with van der Waals surface area (Å²) in [7, 11) is -3.73. The van der Waals surface area contributed by atoms with Crippen LogP contribution in [-0.4, -0.2) is 25.9 Å². The van der Waals surface area contributed by atoms with Crippen molar-refractivity contribution in [2.45, 2.75) is 44.2 Å². The molecule has 0 aliphatic carbocycles. The van der Waals surface area contributed by atoms with E-state index < -0.39 is 21.6 Å². The summed E-state index contributed by atoms with van der Waals surface area (Å²) in [6, 6.07) is 9.80. The molecule has 122 valence electrons. The van der Waals surface area contributed by atoms with Crippen molar-refractivity contribution in [1.29, 1.82) is 0 Å². The Balaban J connectivity index is 2.12. The highest BCUT2D eigenvalue weighted by atomic mass is 32.2. The van der Waals surface area contributed by atoms with Gasteiger partial charge in [-0.1, -0.05) is 24.3 Å². The van der Waals surface area contributed by atoms with Crippen molar-refractivity contribution in [2.75, 3.05) is 4.31 Å². The molecule has 23 heavy (non-hydrogen) atoms. The zero-order valence-electron chi connectivity index (χ0n) is 13.6. The van der Waals surface area contributed by atoms with Crippen molar-refractivity contribution in [3.8, 4) is 0 Å². The summed E-state index contributed by atoms with van der Waals surface area (Å²) in [5, 5.41) is 4.39. The maximum absolute atomic E-state index is 12.9. The fourth-order valence-electron chi connectivity index (χ4n) is 2.92. The third kappa shape index (κ3) is 2.47. The number of hydrogen-bond donors (Lipinski definition) is 1. The number of carbonyl (C=O) groups excluding carboxylic acids is 1. The van der Waals surface area contributed by atoms with Crippen molar-refractivity contribution in [3.63, 3.8) is 0 Å². The highest BCUT2D eigenvalue weighted by molar-refractivity contribution is 7.93. The van der Waals surface area contributed by atoms with Crippen LogP contribution in [0.3, 0.4) is 0 Å². The zero-order valence-corrected chi connectivity index (χ0v) is 14.4. The van der Waals surface area contributed by atoms with Crippen LogP contribution in [0.15, 0.2) is 41.3 Å². The van der Waals surface area contributed by atoms with E-state index in [2.05, 4.69) is 5.32 Å². The van der Waals surface area contributed by atoms with Crippen molar-refractivity contribution in [2.24, 2.45) is 0 Å². The molecule has 3 rings (SSSR count). The van der Waals surface area contributed by atoms with Crippen molar-refractivity contribution >= 4 is 32.4 Å². The van der Waals surface area contributed by atoms with Crippen LogP contribution in [0.2, 0.25) is 0 Å². The van der Waals surface area contributed by atoms with Crippen LogP contribution in [0.5, 0.6) is 0 Å². The lowest BCUT2D eigenvalue weighted by Crippen LogP contribution is -2.51. The van der Waals surface area contributed by atoms with Crippen molar-refractivity contribution in [1.82, 2.24) is 5.32 Å². The molecule has 1 heterocycles. The first-order valence-electron chi connectivity index (χ1n) is 7.51. The normalized spacial score (nSPS) is 17.3. The number of rotatable bonds is 2. The summed E-state index contributed by atoms with van der Waals surface area (Å²) in [6.45, 7) is 7.21. The number of sulfonamides is 1. The predicted octanol–water partition coefficient (Wildman–Crippen LogP) is 2.65. The Morgan fingerprint density at radius 3 is 2.35 bits per heavy atom. The number of hydrogen-bond acceptors (Lipinski definition) is 3. The van der Waals surface area contributed by atoms with Crippen LogP contribution < -0.4 is 9.62 Å². The molecule has 1 aliphatic heterocycles. The molecule has 0 saturated carbocycles. The van der Waals surface area contributed by atoms with Crippen LogP contribution in [0.25, 0.3) is 10.8 Å². The van der Waals surface area contributed by atoms with Crippen molar-refractivity contribution in [3.05, 3.63) is 36.4 Å². The summed E-state index contributed by atoms with van der Waals surface area (Å²) < 4.78 is 27.1. The van der Waals surface area contributed by atoms with E-state index in [9.17, 15) is 13.2 Å². The summed E-state index contributed by atoms with van der Waals surface area (Å²) in [6.07, 6.45) is 0. The predicted molar refractivity (Wildman–Crippen MR) is 91.0 cm³/mol. The quantitative estimate of drug-likeness (QED) is 0.919. The van der Waals surface area contributed by atoms with E-state index >= 15 is 0 Å². The smallest absolute Gasteiger partial charge is 0.265 e. The third-order valence-electron chi connectivity index (χ3n) is 3.85. The zero-order chi connectivity index (χ0) is 17.0. The second-order valence-electron chi connectivity index (χ2n) is 6.85. The molecule has 6 heteroatoms. The number of benzene rings is 2. The molecule has 1 N–H and O–H groups in total. The highest BCUT2D eigenvalue weighted by Gasteiger charge is 2.41. The highest BCUT2D eigenvalue weighted by Crippen LogP contribution is 2.43. The lowest BCUT2D eigenvalue weighted by atomic mass is 10.1. The van der Waals surface area contributed by atoms with Gasteiger partial charge >= 0.3 is 0 Å². The average Bonchev–Trinajstić information content (AvgIpc) is 2.67. The van der Waals surface area contributed by atoms with Crippen LogP contribution in [-0.2, 0) is 14.8 Å². The van der Waals surface area contributed by atoms with Crippen LogP contribution in [0.1, 0.15) is 27.7 Å². The lowest BCUT2D eigenvalue weighted by Gasteiger charge is -2.29. The first-order chi connectivity index (χ1) is 10.6. The summed E-state index contributed by atoms with van der Waals surface area (Å²) in [5.74, 6) is -0.314. The molecule has 0 saturated heterocycles. The molecule has 0 aromatic heterocycles. The average molecular weight is 332 g/mol. The SMILES string of the molecule is C[C@@H](C(=O)NC(C)(C)C)N1c2cccc3cccc(c23)S1(=O)=O. The van der Waals surface area contributed by atoms with Gasteiger partial charge in [0.25, 0.3) is 10.0 Å². The lowest BCUT2D eigenvalue weighted by molar-refractivity contribution is -0.123. The third-order valence-corrected chi connectivity index (χ3v) is 5.78. The second-order valence-corrected chi connectivity index (χ2v) is 8.63. The van der Waals surface area contributed by atoms with Gasteiger partial charge in [-0.25, -0.2) is 8.42 Å². The van der Waals surface area contributed by atoms with Gasteiger partial charge in [-0.05, 0) is 45.2 Å². The molecule has 0 bridgehead atoms. The molecule has 2 aromatic rings. The summed E-state index contributed by atoms with van der Waals surface area (Å²) in [5.41, 5.74) is 0.142. The fraction of sp³-hybridized carbons (Fsp3) is 0.353. The van der Waals surface area contributed by atoms with E-state index in [4.69, 9.17) is 0 Å². The minimum atomic E-state index is -3.73. The Kier molecular flexibility index (Phi) is 3.41. The molecule has 2 aromatic carbocycles. The van der Waals surface area contributed by atoms with E-state index in [1.165, 1.54) is 4.31 Å². The molecule has 1 aliphatic rings. The van der Waals surface area contributed by atoms with E-state index in [1.54, 1.807) is 25.1 Å². The summed E-state index contributed by atoms with van der Waals surface area (Å²) >= 11 is 0. The van der Waals surface area contributed by atoms with Gasteiger partial charge in [-0.15, -0.1) is 0 Å². The van der Waals surface area contributed by atoms with E-state index in [1.807, 2.05) is 39.0 Å². The molecule has 5 nitrogen and oxygen atoms in total. The Hall–Kier alpha value is -2.08. The standard InChI is InChI=1S/C17H20N2O3S/c1-11(16(20)18-17(2,3)4)19-13-9-5-7-12-8-6-10-14(15(12)13)23(19,21)22/h5-11H,1-4H3,(H,18,20)/t11-/m0/s1.